The number of amides is 1. The van der Waals surface area contributed by atoms with E-state index in [0.717, 1.165) is 19.3 Å². The zero-order valence-corrected chi connectivity index (χ0v) is 10.6. The highest BCUT2D eigenvalue weighted by atomic mass is 16.5. The van der Waals surface area contributed by atoms with E-state index >= 15 is 0 Å². The minimum absolute atomic E-state index is 0.251. The number of ether oxygens (including phenoxy) is 1. The SMILES string of the molecule is COC1CCCC(NCC(C)(C)C(N)=O)C1. The largest absolute Gasteiger partial charge is 0.381 e. The molecular weight excluding hydrogens is 204 g/mol. The number of carbonyl (C=O) groups is 1. The second-order valence-corrected chi connectivity index (χ2v) is 5.35. The lowest BCUT2D eigenvalue weighted by Gasteiger charge is -2.31. The molecule has 0 aliphatic heterocycles. The molecule has 16 heavy (non-hydrogen) atoms. The van der Waals surface area contributed by atoms with Crippen LogP contribution in [0.3, 0.4) is 0 Å². The summed E-state index contributed by atoms with van der Waals surface area (Å²) in [6.45, 7) is 4.39. The Hall–Kier alpha value is -0.610. The third-order valence-corrected chi connectivity index (χ3v) is 3.46. The van der Waals surface area contributed by atoms with Gasteiger partial charge in [-0.1, -0.05) is 0 Å². The third kappa shape index (κ3) is 3.76. The van der Waals surface area contributed by atoms with Crippen LogP contribution in [0.1, 0.15) is 39.5 Å². The van der Waals surface area contributed by atoms with Gasteiger partial charge in [0.1, 0.15) is 0 Å². The van der Waals surface area contributed by atoms with Gasteiger partial charge in [-0.05, 0) is 39.5 Å². The molecule has 1 rings (SSSR count). The van der Waals surface area contributed by atoms with E-state index in [1.54, 1.807) is 7.11 Å². The van der Waals surface area contributed by atoms with Gasteiger partial charge >= 0.3 is 0 Å². The van der Waals surface area contributed by atoms with Gasteiger partial charge in [-0.2, -0.15) is 0 Å². The van der Waals surface area contributed by atoms with Gasteiger partial charge in [0, 0.05) is 19.7 Å². The Balaban J connectivity index is 2.35. The van der Waals surface area contributed by atoms with E-state index in [1.165, 1.54) is 6.42 Å². The van der Waals surface area contributed by atoms with E-state index in [2.05, 4.69) is 5.32 Å². The smallest absolute Gasteiger partial charge is 0.224 e. The maximum Gasteiger partial charge on any atom is 0.224 e. The maximum atomic E-state index is 11.2. The van der Waals surface area contributed by atoms with Crippen molar-refractivity contribution in [3.8, 4) is 0 Å². The first-order chi connectivity index (χ1) is 7.45. The molecule has 0 heterocycles. The number of rotatable bonds is 5. The van der Waals surface area contributed by atoms with Crippen molar-refractivity contribution in [1.82, 2.24) is 5.32 Å². The molecule has 4 nitrogen and oxygen atoms in total. The van der Waals surface area contributed by atoms with E-state index in [-0.39, 0.29) is 5.91 Å². The molecule has 0 bridgehead atoms. The fourth-order valence-electron chi connectivity index (χ4n) is 2.03. The molecule has 1 saturated carbocycles. The summed E-state index contributed by atoms with van der Waals surface area (Å²) in [5, 5.41) is 3.43. The molecule has 2 unspecified atom stereocenters. The highest BCUT2D eigenvalue weighted by Gasteiger charge is 2.27. The molecular formula is C12H24N2O2. The van der Waals surface area contributed by atoms with Crippen LogP contribution in [0, 0.1) is 5.41 Å². The quantitative estimate of drug-likeness (QED) is 0.739. The predicted molar refractivity (Wildman–Crippen MR) is 64.0 cm³/mol. The number of primary amides is 1. The van der Waals surface area contributed by atoms with Gasteiger partial charge in [0.2, 0.25) is 5.91 Å². The van der Waals surface area contributed by atoms with Crippen LogP contribution in [0.5, 0.6) is 0 Å². The van der Waals surface area contributed by atoms with Crippen molar-refractivity contribution in [2.45, 2.75) is 51.7 Å². The Kier molecular flexibility index (Phi) is 4.74. The van der Waals surface area contributed by atoms with Gasteiger partial charge in [0.25, 0.3) is 0 Å². The van der Waals surface area contributed by atoms with Crippen LogP contribution in [0.2, 0.25) is 0 Å². The lowest BCUT2D eigenvalue weighted by atomic mass is 9.89. The second kappa shape index (κ2) is 5.64. The van der Waals surface area contributed by atoms with Gasteiger partial charge < -0.3 is 15.8 Å². The Labute approximate surface area is 97.9 Å². The van der Waals surface area contributed by atoms with E-state index in [4.69, 9.17) is 10.5 Å². The lowest BCUT2D eigenvalue weighted by Crippen LogP contribution is -2.45. The molecule has 0 saturated heterocycles. The van der Waals surface area contributed by atoms with Crippen LogP contribution in [0.4, 0.5) is 0 Å². The van der Waals surface area contributed by atoms with Crippen LogP contribution in [0.15, 0.2) is 0 Å². The molecule has 0 radical (unpaired) electrons. The summed E-state index contributed by atoms with van der Waals surface area (Å²) in [4.78, 5) is 11.2. The summed E-state index contributed by atoms with van der Waals surface area (Å²) in [6.07, 6.45) is 4.89. The third-order valence-electron chi connectivity index (χ3n) is 3.46. The van der Waals surface area contributed by atoms with Crippen LogP contribution in [-0.2, 0) is 9.53 Å². The summed E-state index contributed by atoms with van der Waals surface area (Å²) in [6, 6.07) is 0.456. The first-order valence-electron chi connectivity index (χ1n) is 6.02. The molecule has 94 valence electrons. The van der Waals surface area contributed by atoms with Gasteiger partial charge in [0.05, 0.1) is 11.5 Å². The predicted octanol–water partition coefficient (Wildman–Crippen LogP) is 1.05. The van der Waals surface area contributed by atoms with E-state index < -0.39 is 5.41 Å². The Morgan fingerprint density at radius 2 is 2.19 bits per heavy atom. The monoisotopic (exact) mass is 228 g/mol. The number of carbonyl (C=O) groups excluding carboxylic acids is 1. The van der Waals surface area contributed by atoms with Gasteiger partial charge in [-0.3, -0.25) is 4.79 Å². The average molecular weight is 228 g/mol. The molecule has 1 fully saturated rings. The van der Waals surface area contributed by atoms with Crippen molar-refractivity contribution < 1.29 is 9.53 Å². The van der Waals surface area contributed by atoms with Crippen molar-refractivity contribution in [1.29, 1.82) is 0 Å². The van der Waals surface area contributed by atoms with Gasteiger partial charge in [-0.15, -0.1) is 0 Å². The Bertz CT molecular complexity index is 241. The zero-order chi connectivity index (χ0) is 12.2. The normalized spacial score (nSPS) is 26.7. The lowest BCUT2D eigenvalue weighted by molar-refractivity contribution is -0.125. The summed E-state index contributed by atoms with van der Waals surface area (Å²) < 4.78 is 5.37. The van der Waals surface area contributed by atoms with Gasteiger partial charge in [0.15, 0.2) is 0 Å². The Morgan fingerprint density at radius 3 is 2.75 bits per heavy atom. The molecule has 0 aromatic carbocycles. The van der Waals surface area contributed by atoms with Gasteiger partial charge in [-0.25, -0.2) is 0 Å². The summed E-state index contributed by atoms with van der Waals surface area (Å²) in [5.41, 5.74) is 4.86. The number of methoxy groups -OCH3 is 1. The number of hydrogen-bond donors (Lipinski definition) is 2. The average Bonchev–Trinajstić information content (AvgIpc) is 2.26. The first-order valence-corrected chi connectivity index (χ1v) is 6.02. The fourth-order valence-corrected chi connectivity index (χ4v) is 2.03. The molecule has 0 spiro atoms. The second-order valence-electron chi connectivity index (χ2n) is 5.35. The van der Waals surface area contributed by atoms with Crippen molar-refractivity contribution >= 4 is 5.91 Å². The molecule has 3 N–H and O–H groups in total. The minimum Gasteiger partial charge on any atom is -0.381 e. The van der Waals surface area contributed by atoms with Crippen LogP contribution < -0.4 is 11.1 Å². The highest BCUT2D eigenvalue weighted by Crippen LogP contribution is 2.22. The van der Waals surface area contributed by atoms with E-state index in [0.29, 0.717) is 18.7 Å². The van der Waals surface area contributed by atoms with Crippen LogP contribution >= 0.6 is 0 Å². The molecule has 0 aromatic rings. The fraction of sp³-hybridized carbons (Fsp3) is 0.917. The van der Waals surface area contributed by atoms with E-state index in [1.807, 2.05) is 13.8 Å². The standard InChI is InChI=1S/C12H24N2O2/c1-12(2,11(13)15)8-14-9-5-4-6-10(7-9)16-3/h9-10,14H,4-8H2,1-3H3,(H2,13,15). The maximum absolute atomic E-state index is 11.2. The number of nitrogens with two attached hydrogens (primary N) is 1. The van der Waals surface area contributed by atoms with Crippen molar-refractivity contribution in [3.05, 3.63) is 0 Å². The molecule has 1 amide bonds. The minimum atomic E-state index is -0.472. The number of hydrogen-bond acceptors (Lipinski definition) is 3. The van der Waals surface area contributed by atoms with E-state index in [9.17, 15) is 4.79 Å². The first kappa shape index (κ1) is 13.5. The molecule has 2 atom stereocenters. The van der Waals surface area contributed by atoms with Crippen molar-refractivity contribution in [2.75, 3.05) is 13.7 Å². The summed E-state index contributed by atoms with van der Waals surface area (Å²) in [7, 11) is 1.76. The Morgan fingerprint density at radius 1 is 1.50 bits per heavy atom. The van der Waals surface area contributed by atoms with Crippen LogP contribution in [-0.4, -0.2) is 31.7 Å². The summed E-state index contributed by atoms with van der Waals surface area (Å²) >= 11 is 0. The molecule has 1 aliphatic carbocycles. The van der Waals surface area contributed by atoms with Crippen molar-refractivity contribution in [2.24, 2.45) is 11.1 Å². The summed E-state index contributed by atoms with van der Waals surface area (Å²) in [5.74, 6) is -0.251. The molecule has 1 aliphatic rings. The molecule has 4 heteroatoms. The van der Waals surface area contributed by atoms with Crippen molar-refractivity contribution in [3.63, 3.8) is 0 Å². The topological polar surface area (TPSA) is 64.3 Å². The number of nitrogens with one attached hydrogen (secondary N) is 1. The highest BCUT2D eigenvalue weighted by molar-refractivity contribution is 5.80. The zero-order valence-electron chi connectivity index (χ0n) is 10.6. The van der Waals surface area contributed by atoms with Crippen LogP contribution in [0.25, 0.3) is 0 Å². The molecule has 0 aromatic heterocycles.